The van der Waals surface area contributed by atoms with Crippen molar-refractivity contribution in [3.8, 4) is 0 Å². The molecule has 0 unspecified atom stereocenters. The predicted molar refractivity (Wildman–Crippen MR) is 144 cm³/mol. The number of likely N-dealkylation sites (tertiary alicyclic amines) is 1. The lowest BCUT2D eigenvalue weighted by Crippen LogP contribution is -2.55. The Labute approximate surface area is 242 Å². The van der Waals surface area contributed by atoms with Crippen molar-refractivity contribution in [1.82, 2.24) is 15.5 Å². The molecule has 3 amide bonds. The molecule has 4 atom stereocenters. The molecular weight excluding hydrogens is 562 g/mol. The van der Waals surface area contributed by atoms with Gasteiger partial charge in [0, 0.05) is 25.1 Å². The standard InChI is InChI=1S/C29H39F4N3O6/c1-29(2,3)24(37)27(40)36-14-17(15-6-4-5-7-15)12-22(36)26(39)35-21(13-23(32)33)25(38)34-9-8-18-19(30)10-16(28(41)42)11-20(18)31/h10-11,15,17,21-24,37H,4-9,12-14H2,1-3H3,(H,34,38)(H,35,39)(H,41,42)/t17-,21+,22-,24-/m1/s1. The van der Waals surface area contributed by atoms with E-state index in [4.69, 9.17) is 5.11 Å². The van der Waals surface area contributed by atoms with Crippen LogP contribution in [-0.4, -0.2) is 76.5 Å². The quantitative estimate of drug-likeness (QED) is 0.288. The Morgan fingerprint density at radius 2 is 1.64 bits per heavy atom. The summed E-state index contributed by atoms with van der Waals surface area (Å²) in [5.74, 6) is -5.98. The number of carboxylic acids is 1. The molecule has 234 valence electrons. The van der Waals surface area contributed by atoms with Crippen molar-refractivity contribution in [1.29, 1.82) is 0 Å². The van der Waals surface area contributed by atoms with Gasteiger partial charge in [0.05, 0.1) is 5.56 Å². The number of hydrogen-bond acceptors (Lipinski definition) is 5. The van der Waals surface area contributed by atoms with Gasteiger partial charge in [0.25, 0.3) is 5.91 Å². The summed E-state index contributed by atoms with van der Waals surface area (Å²) in [5, 5.41) is 24.2. The second-order valence-electron chi connectivity index (χ2n) is 12.3. The summed E-state index contributed by atoms with van der Waals surface area (Å²) in [6.07, 6.45) is -1.60. The molecule has 9 nitrogen and oxygen atoms in total. The summed E-state index contributed by atoms with van der Waals surface area (Å²) in [6.45, 7) is 4.88. The number of alkyl halides is 2. The third-order valence-corrected chi connectivity index (χ3v) is 8.15. The molecule has 1 saturated heterocycles. The molecule has 1 saturated carbocycles. The Hall–Kier alpha value is -3.22. The maximum atomic E-state index is 14.2. The van der Waals surface area contributed by atoms with E-state index in [0.717, 1.165) is 25.7 Å². The second-order valence-corrected chi connectivity index (χ2v) is 12.3. The predicted octanol–water partition coefficient (Wildman–Crippen LogP) is 3.28. The first-order chi connectivity index (χ1) is 19.6. The van der Waals surface area contributed by atoms with Crippen LogP contribution >= 0.6 is 0 Å². The maximum Gasteiger partial charge on any atom is 0.335 e. The topological polar surface area (TPSA) is 136 Å². The van der Waals surface area contributed by atoms with Gasteiger partial charge in [0.2, 0.25) is 18.2 Å². The number of benzene rings is 1. The number of rotatable bonds is 11. The van der Waals surface area contributed by atoms with Gasteiger partial charge in [-0.1, -0.05) is 46.5 Å². The minimum absolute atomic E-state index is 0.0148. The number of aliphatic hydroxyl groups is 1. The molecule has 4 N–H and O–H groups in total. The average molecular weight is 602 g/mol. The van der Waals surface area contributed by atoms with Crippen LogP contribution in [0.1, 0.15) is 75.2 Å². The van der Waals surface area contributed by atoms with E-state index in [2.05, 4.69) is 10.6 Å². The summed E-state index contributed by atoms with van der Waals surface area (Å²) in [6, 6.07) is -1.50. The zero-order valence-corrected chi connectivity index (χ0v) is 24.0. The van der Waals surface area contributed by atoms with Gasteiger partial charge < -0.3 is 25.7 Å². The van der Waals surface area contributed by atoms with Crippen molar-refractivity contribution < 1.29 is 47.0 Å². The van der Waals surface area contributed by atoms with Crippen LogP contribution in [-0.2, 0) is 20.8 Å². The van der Waals surface area contributed by atoms with E-state index in [0.29, 0.717) is 12.1 Å². The third kappa shape index (κ3) is 8.20. The molecule has 2 fully saturated rings. The molecule has 0 bridgehead atoms. The van der Waals surface area contributed by atoms with E-state index in [9.17, 15) is 41.8 Å². The second kappa shape index (κ2) is 13.8. The fourth-order valence-corrected chi connectivity index (χ4v) is 5.74. The van der Waals surface area contributed by atoms with Gasteiger partial charge in [-0.05, 0) is 42.2 Å². The molecule has 0 aromatic heterocycles. The van der Waals surface area contributed by atoms with Crippen molar-refractivity contribution in [3.05, 3.63) is 34.9 Å². The highest BCUT2D eigenvalue weighted by atomic mass is 19.3. The highest BCUT2D eigenvalue weighted by molar-refractivity contribution is 5.93. The van der Waals surface area contributed by atoms with Crippen LogP contribution < -0.4 is 10.6 Å². The fourth-order valence-electron chi connectivity index (χ4n) is 5.74. The van der Waals surface area contributed by atoms with Gasteiger partial charge in [-0.15, -0.1) is 0 Å². The summed E-state index contributed by atoms with van der Waals surface area (Å²) >= 11 is 0. The lowest BCUT2D eigenvalue weighted by Gasteiger charge is -2.32. The lowest BCUT2D eigenvalue weighted by molar-refractivity contribution is -0.150. The smallest absolute Gasteiger partial charge is 0.335 e. The number of nitrogens with zero attached hydrogens (tertiary/aromatic N) is 1. The van der Waals surface area contributed by atoms with Crippen molar-refractivity contribution in [2.75, 3.05) is 13.1 Å². The number of aromatic carboxylic acids is 1. The van der Waals surface area contributed by atoms with E-state index in [-0.39, 0.29) is 31.3 Å². The van der Waals surface area contributed by atoms with E-state index in [1.54, 1.807) is 20.8 Å². The van der Waals surface area contributed by atoms with E-state index in [1.807, 2.05) is 0 Å². The largest absolute Gasteiger partial charge is 0.478 e. The number of nitrogens with one attached hydrogen (secondary N) is 2. The van der Waals surface area contributed by atoms with Crippen LogP contribution in [0.5, 0.6) is 0 Å². The van der Waals surface area contributed by atoms with Crippen molar-refractivity contribution in [2.45, 2.75) is 90.3 Å². The van der Waals surface area contributed by atoms with Gasteiger partial charge in [0.1, 0.15) is 29.8 Å². The first-order valence-corrected chi connectivity index (χ1v) is 14.2. The molecule has 1 aliphatic heterocycles. The normalized spacial score (nSPS) is 20.9. The monoisotopic (exact) mass is 601 g/mol. The first kappa shape index (κ1) is 33.3. The first-order valence-electron chi connectivity index (χ1n) is 14.2. The number of halogens is 4. The lowest BCUT2D eigenvalue weighted by atomic mass is 9.88. The van der Waals surface area contributed by atoms with Crippen LogP contribution in [0, 0.1) is 28.9 Å². The van der Waals surface area contributed by atoms with Crippen LogP contribution in [0.4, 0.5) is 17.6 Å². The summed E-state index contributed by atoms with van der Waals surface area (Å²) in [4.78, 5) is 51.7. The molecule has 13 heteroatoms. The van der Waals surface area contributed by atoms with Crippen LogP contribution in [0.3, 0.4) is 0 Å². The molecule has 0 spiro atoms. The maximum absolute atomic E-state index is 14.2. The Morgan fingerprint density at radius 1 is 1.05 bits per heavy atom. The Bertz CT molecular complexity index is 1150. The van der Waals surface area contributed by atoms with E-state index >= 15 is 0 Å². The van der Waals surface area contributed by atoms with E-state index < -0.39 is 89.3 Å². The number of hydrogen-bond donors (Lipinski definition) is 4. The number of aliphatic hydroxyl groups excluding tert-OH is 1. The van der Waals surface area contributed by atoms with Crippen LogP contribution in [0.15, 0.2) is 12.1 Å². The summed E-state index contributed by atoms with van der Waals surface area (Å²) in [7, 11) is 0. The number of amides is 3. The van der Waals surface area contributed by atoms with Crippen molar-refractivity contribution >= 4 is 23.7 Å². The highest BCUT2D eigenvalue weighted by Crippen LogP contribution is 2.39. The minimum atomic E-state index is -2.98. The zero-order valence-electron chi connectivity index (χ0n) is 24.0. The number of carboxylic acid groups (broad SMARTS) is 1. The zero-order chi connectivity index (χ0) is 31.4. The molecular formula is C29H39F4N3O6. The summed E-state index contributed by atoms with van der Waals surface area (Å²) < 4.78 is 55.3. The molecule has 1 aromatic rings. The Kier molecular flexibility index (Phi) is 11.0. The van der Waals surface area contributed by atoms with Crippen molar-refractivity contribution in [3.63, 3.8) is 0 Å². The third-order valence-electron chi connectivity index (χ3n) is 8.15. The van der Waals surface area contributed by atoms with Gasteiger partial charge in [-0.2, -0.15) is 0 Å². The molecule has 1 aromatic carbocycles. The van der Waals surface area contributed by atoms with Crippen molar-refractivity contribution in [2.24, 2.45) is 17.3 Å². The fraction of sp³-hybridized carbons (Fsp3) is 0.655. The molecule has 1 heterocycles. The SMILES string of the molecule is CC(C)(C)[C@H](O)C(=O)N1C[C@H](C2CCCC2)C[C@@H]1C(=O)N[C@@H](CC(F)F)C(=O)NCCc1c(F)cc(C(=O)O)cc1F. The minimum Gasteiger partial charge on any atom is -0.478 e. The van der Waals surface area contributed by atoms with Gasteiger partial charge in [-0.25, -0.2) is 22.4 Å². The van der Waals surface area contributed by atoms with Crippen LogP contribution in [0.2, 0.25) is 0 Å². The average Bonchev–Trinajstić information content (AvgIpc) is 3.58. The summed E-state index contributed by atoms with van der Waals surface area (Å²) in [5.41, 5.74) is -1.90. The number of carbonyl (C=O) groups is 4. The number of carbonyl (C=O) groups excluding carboxylic acids is 3. The van der Waals surface area contributed by atoms with Gasteiger partial charge in [0.15, 0.2) is 0 Å². The van der Waals surface area contributed by atoms with Gasteiger partial charge >= 0.3 is 5.97 Å². The van der Waals surface area contributed by atoms with E-state index in [1.165, 1.54) is 4.90 Å². The molecule has 0 radical (unpaired) electrons. The highest BCUT2D eigenvalue weighted by Gasteiger charge is 2.46. The molecule has 42 heavy (non-hydrogen) atoms. The molecule has 1 aliphatic carbocycles. The van der Waals surface area contributed by atoms with Crippen LogP contribution in [0.25, 0.3) is 0 Å². The van der Waals surface area contributed by atoms with Gasteiger partial charge in [-0.3, -0.25) is 14.4 Å². The Balaban J connectivity index is 1.71. The molecule has 3 rings (SSSR count). The molecule has 2 aliphatic rings. The Morgan fingerprint density at radius 3 is 2.17 bits per heavy atom.